The number of carbonyl (C=O) groups excluding carboxylic acids is 3. The number of carbonyl (C=O) groups is 3. The van der Waals surface area contributed by atoms with Gasteiger partial charge in [0.1, 0.15) is 5.52 Å². The van der Waals surface area contributed by atoms with Gasteiger partial charge >= 0.3 is 5.97 Å². The van der Waals surface area contributed by atoms with Gasteiger partial charge < -0.3 is 9.15 Å². The number of ether oxygens (including phenoxy) is 1. The molecule has 3 aromatic rings. The number of nitrogens with one attached hydrogen (secondary N) is 2. The van der Waals surface area contributed by atoms with Crippen molar-refractivity contribution in [1.82, 2.24) is 15.8 Å². The summed E-state index contributed by atoms with van der Waals surface area (Å²) in [5, 5.41) is 0. The molecule has 8 heteroatoms. The lowest BCUT2D eigenvalue weighted by Crippen LogP contribution is -2.46. The van der Waals surface area contributed by atoms with Crippen molar-refractivity contribution in [1.29, 1.82) is 0 Å². The molecule has 0 saturated carbocycles. The molecular weight excluding hydrogens is 362 g/mol. The molecule has 0 radical (unpaired) electrons. The molecule has 0 unspecified atom stereocenters. The maximum absolute atomic E-state index is 12.0. The Kier molecular flexibility index (Phi) is 6.01. The molecule has 2 amide bonds. The first-order chi connectivity index (χ1) is 13.5. The highest BCUT2D eigenvalue weighted by atomic mass is 16.5. The van der Waals surface area contributed by atoms with Gasteiger partial charge in [-0.1, -0.05) is 30.3 Å². The van der Waals surface area contributed by atoms with Crippen molar-refractivity contribution in [3.63, 3.8) is 0 Å². The van der Waals surface area contributed by atoms with Crippen LogP contribution in [0.3, 0.4) is 0 Å². The van der Waals surface area contributed by atoms with Crippen LogP contribution in [0.15, 0.2) is 59.0 Å². The molecule has 0 aliphatic heterocycles. The fourth-order valence-corrected chi connectivity index (χ4v) is 2.43. The smallest absolute Gasteiger partial charge is 0.307 e. The number of esters is 1. The normalized spacial score (nSPS) is 11.6. The summed E-state index contributed by atoms with van der Waals surface area (Å²) in [6.07, 6.45) is -0.792. The second-order valence-electron chi connectivity index (χ2n) is 6.02. The molecule has 0 bridgehead atoms. The van der Waals surface area contributed by atoms with Crippen molar-refractivity contribution in [2.24, 2.45) is 0 Å². The minimum absolute atomic E-state index is 0.0147. The predicted molar refractivity (Wildman–Crippen MR) is 99.9 cm³/mol. The Labute approximate surface area is 160 Å². The van der Waals surface area contributed by atoms with Crippen LogP contribution in [0.4, 0.5) is 0 Å². The summed E-state index contributed by atoms with van der Waals surface area (Å²) in [4.78, 5) is 40.1. The SMILES string of the molecule is C[C@@H](OC(=O)CCc1nc2ccccc2o1)C(=O)NNC(=O)c1ccccc1. The molecule has 0 fully saturated rings. The van der Waals surface area contributed by atoms with Gasteiger partial charge in [0.25, 0.3) is 11.8 Å². The van der Waals surface area contributed by atoms with Crippen LogP contribution in [-0.4, -0.2) is 28.9 Å². The van der Waals surface area contributed by atoms with Crippen LogP contribution in [0.25, 0.3) is 11.1 Å². The Hall–Kier alpha value is -3.68. The van der Waals surface area contributed by atoms with E-state index in [1.807, 2.05) is 18.2 Å². The number of hydrazine groups is 1. The average molecular weight is 381 g/mol. The summed E-state index contributed by atoms with van der Waals surface area (Å²) in [5.74, 6) is -1.26. The van der Waals surface area contributed by atoms with Crippen molar-refractivity contribution in [2.45, 2.75) is 25.9 Å². The number of aromatic nitrogens is 1. The van der Waals surface area contributed by atoms with E-state index in [0.717, 1.165) is 0 Å². The molecule has 0 aliphatic rings. The van der Waals surface area contributed by atoms with E-state index < -0.39 is 23.9 Å². The van der Waals surface area contributed by atoms with Gasteiger partial charge in [0.05, 0.1) is 6.42 Å². The molecular formula is C20H19N3O5. The summed E-state index contributed by atoms with van der Waals surface area (Å²) in [6, 6.07) is 15.7. The standard InChI is InChI=1S/C20H19N3O5/c1-13(19(25)22-23-20(26)14-7-3-2-4-8-14)27-18(24)12-11-17-21-15-9-5-6-10-16(15)28-17/h2-10,13H,11-12H2,1H3,(H,22,25)(H,23,26)/t13-/m1/s1. The van der Waals surface area contributed by atoms with Crippen LogP contribution in [0.5, 0.6) is 0 Å². The van der Waals surface area contributed by atoms with Crippen LogP contribution in [0.2, 0.25) is 0 Å². The van der Waals surface area contributed by atoms with Crippen LogP contribution < -0.4 is 10.9 Å². The van der Waals surface area contributed by atoms with Crippen LogP contribution in [-0.2, 0) is 20.7 Å². The number of para-hydroxylation sites is 2. The molecule has 0 spiro atoms. The maximum atomic E-state index is 12.0. The van der Waals surface area contributed by atoms with Gasteiger partial charge in [0.2, 0.25) is 0 Å². The summed E-state index contributed by atoms with van der Waals surface area (Å²) in [6.45, 7) is 1.42. The molecule has 0 aliphatic carbocycles. The van der Waals surface area contributed by atoms with E-state index in [4.69, 9.17) is 9.15 Å². The summed E-state index contributed by atoms with van der Waals surface area (Å²) in [7, 11) is 0. The quantitative estimate of drug-likeness (QED) is 0.500. The Morgan fingerprint density at radius 2 is 1.75 bits per heavy atom. The second-order valence-corrected chi connectivity index (χ2v) is 6.02. The Bertz CT molecular complexity index is 951. The highest BCUT2D eigenvalue weighted by Gasteiger charge is 2.19. The van der Waals surface area contributed by atoms with E-state index in [1.54, 1.807) is 36.4 Å². The zero-order chi connectivity index (χ0) is 19.9. The first kappa shape index (κ1) is 19.1. The zero-order valence-corrected chi connectivity index (χ0v) is 15.2. The lowest BCUT2D eigenvalue weighted by molar-refractivity contribution is -0.155. The minimum Gasteiger partial charge on any atom is -0.452 e. The van der Waals surface area contributed by atoms with Gasteiger partial charge in [-0.15, -0.1) is 0 Å². The van der Waals surface area contributed by atoms with Crippen LogP contribution in [0, 0.1) is 0 Å². The third-order valence-electron chi connectivity index (χ3n) is 3.89. The summed E-state index contributed by atoms with van der Waals surface area (Å²) >= 11 is 0. The largest absolute Gasteiger partial charge is 0.452 e. The monoisotopic (exact) mass is 381 g/mol. The van der Waals surface area contributed by atoms with E-state index >= 15 is 0 Å². The Morgan fingerprint density at radius 3 is 2.50 bits per heavy atom. The van der Waals surface area contributed by atoms with E-state index in [-0.39, 0.29) is 12.8 Å². The van der Waals surface area contributed by atoms with Gasteiger partial charge in [-0.3, -0.25) is 25.2 Å². The average Bonchev–Trinajstić information content (AvgIpc) is 3.14. The van der Waals surface area contributed by atoms with Crippen molar-refractivity contribution in [3.05, 3.63) is 66.1 Å². The Balaban J connectivity index is 1.42. The van der Waals surface area contributed by atoms with Gasteiger partial charge in [0, 0.05) is 12.0 Å². The molecule has 1 atom stereocenters. The molecule has 3 rings (SSSR count). The topological polar surface area (TPSA) is 111 Å². The molecule has 144 valence electrons. The Morgan fingerprint density at radius 1 is 1.04 bits per heavy atom. The number of nitrogens with zero attached hydrogens (tertiary/aromatic N) is 1. The number of amides is 2. The van der Waals surface area contributed by atoms with Gasteiger partial charge in [-0.2, -0.15) is 0 Å². The van der Waals surface area contributed by atoms with Crippen LogP contribution in [0.1, 0.15) is 29.6 Å². The summed E-state index contributed by atoms with van der Waals surface area (Å²) < 4.78 is 10.6. The number of aryl methyl sites for hydroxylation is 1. The fraction of sp³-hybridized carbons (Fsp3) is 0.200. The van der Waals surface area contributed by atoms with Gasteiger partial charge in [-0.05, 0) is 31.2 Å². The van der Waals surface area contributed by atoms with Gasteiger partial charge in [0.15, 0.2) is 17.6 Å². The van der Waals surface area contributed by atoms with E-state index in [2.05, 4.69) is 15.8 Å². The second kappa shape index (κ2) is 8.81. The molecule has 28 heavy (non-hydrogen) atoms. The first-order valence-corrected chi connectivity index (χ1v) is 8.72. The highest BCUT2D eigenvalue weighted by Crippen LogP contribution is 2.15. The first-order valence-electron chi connectivity index (χ1n) is 8.72. The summed E-state index contributed by atoms with van der Waals surface area (Å²) in [5.41, 5.74) is 6.26. The molecule has 1 aromatic heterocycles. The maximum Gasteiger partial charge on any atom is 0.307 e. The van der Waals surface area contributed by atoms with Gasteiger partial charge in [-0.25, -0.2) is 4.98 Å². The fourth-order valence-electron chi connectivity index (χ4n) is 2.43. The molecule has 2 aromatic carbocycles. The number of hydrogen-bond acceptors (Lipinski definition) is 6. The number of fused-ring (bicyclic) bond motifs is 1. The van der Waals surface area contributed by atoms with E-state index in [9.17, 15) is 14.4 Å². The minimum atomic E-state index is -1.06. The molecule has 2 N–H and O–H groups in total. The van der Waals surface area contributed by atoms with E-state index in [0.29, 0.717) is 22.6 Å². The third kappa shape index (κ3) is 4.94. The van der Waals surface area contributed by atoms with Crippen molar-refractivity contribution in [3.8, 4) is 0 Å². The third-order valence-corrected chi connectivity index (χ3v) is 3.89. The number of oxazole rings is 1. The molecule has 1 heterocycles. The van der Waals surface area contributed by atoms with Crippen molar-refractivity contribution in [2.75, 3.05) is 0 Å². The van der Waals surface area contributed by atoms with Crippen LogP contribution >= 0.6 is 0 Å². The lowest BCUT2D eigenvalue weighted by atomic mass is 10.2. The predicted octanol–water partition coefficient (Wildman–Crippen LogP) is 2.15. The van der Waals surface area contributed by atoms with Crippen molar-refractivity contribution < 1.29 is 23.5 Å². The lowest BCUT2D eigenvalue weighted by Gasteiger charge is -2.13. The van der Waals surface area contributed by atoms with E-state index in [1.165, 1.54) is 6.92 Å². The highest BCUT2D eigenvalue weighted by molar-refractivity contribution is 5.95. The molecule has 8 nitrogen and oxygen atoms in total. The molecule has 0 saturated heterocycles. The number of benzene rings is 2. The zero-order valence-electron chi connectivity index (χ0n) is 15.2. The number of rotatable bonds is 6. The number of hydrogen-bond donors (Lipinski definition) is 2. The van der Waals surface area contributed by atoms with Crippen molar-refractivity contribution >= 4 is 28.9 Å².